The number of rotatable bonds is 15. The van der Waals surface area contributed by atoms with Crippen molar-refractivity contribution in [3.8, 4) is 0 Å². The molecule has 0 unspecified atom stereocenters. The number of hydrogen-bond donors (Lipinski definition) is 5. The largest absolute Gasteiger partial charge is 0.377 e. The normalized spacial score (nSPS) is 10.8. The lowest BCUT2D eigenvalue weighted by Gasteiger charge is -2.12. The van der Waals surface area contributed by atoms with Crippen LogP contribution in [-0.2, 0) is 9.47 Å². The molecular formula is C28H30N10O3. The molecule has 13 nitrogen and oxygen atoms in total. The van der Waals surface area contributed by atoms with E-state index in [9.17, 15) is 4.79 Å². The van der Waals surface area contributed by atoms with Gasteiger partial charge in [-0.25, -0.2) is 0 Å². The maximum Gasteiger partial charge on any atom is 0.251 e. The Bertz CT molecular complexity index is 1530. The van der Waals surface area contributed by atoms with Crippen molar-refractivity contribution in [1.29, 1.82) is 0 Å². The number of nitrogens with zero attached hydrogens (tertiary/aromatic N) is 5. The Kier molecular flexibility index (Phi) is 9.57. The molecule has 2 heterocycles. The van der Waals surface area contributed by atoms with Gasteiger partial charge in [-0.05, 0) is 42.5 Å². The van der Waals surface area contributed by atoms with Crippen LogP contribution in [0, 0.1) is 0 Å². The van der Waals surface area contributed by atoms with Crippen molar-refractivity contribution >= 4 is 46.2 Å². The summed E-state index contributed by atoms with van der Waals surface area (Å²) in [4.78, 5) is 25.5. The van der Waals surface area contributed by atoms with Crippen LogP contribution in [-0.4, -0.2) is 75.8 Å². The molecule has 5 N–H and O–H groups in total. The summed E-state index contributed by atoms with van der Waals surface area (Å²) in [6.07, 6.45) is 0. The Morgan fingerprint density at radius 2 is 1.37 bits per heavy atom. The Morgan fingerprint density at radius 1 is 0.707 bits per heavy atom. The van der Waals surface area contributed by atoms with Crippen LogP contribution in [0.1, 0.15) is 10.4 Å². The number of aromatic amines is 1. The summed E-state index contributed by atoms with van der Waals surface area (Å²) in [5.41, 5.74) is 3.79. The van der Waals surface area contributed by atoms with Crippen molar-refractivity contribution in [1.82, 2.24) is 35.7 Å². The van der Waals surface area contributed by atoms with E-state index in [-0.39, 0.29) is 5.91 Å². The minimum atomic E-state index is -0.119. The van der Waals surface area contributed by atoms with E-state index < -0.39 is 0 Å². The number of nitrogens with one attached hydrogen (secondary N) is 5. The summed E-state index contributed by atoms with van der Waals surface area (Å²) in [5.74, 6) is 1.01. The summed E-state index contributed by atoms with van der Waals surface area (Å²) < 4.78 is 11.2. The quantitative estimate of drug-likeness (QED) is 0.120. The molecule has 5 aromatic rings. The molecule has 0 bridgehead atoms. The molecule has 210 valence electrons. The lowest BCUT2D eigenvalue weighted by Crippen LogP contribution is -2.27. The van der Waals surface area contributed by atoms with Gasteiger partial charge in [0.2, 0.25) is 17.8 Å². The van der Waals surface area contributed by atoms with Crippen LogP contribution in [0.25, 0.3) is 11.0 Å². The van der Waals surface area contributed by atoms with Gasteiger partial charge in [0.1, 0.15) is 5.52 Å². The second-order valence-corrected chi connectivity index (χ2v) is 8.74. The number of hydrogen-bond acceptors (Lipinski definition) is 11. The molecule has 0 fully saturated rings. The van der Waals surface area contributed by atoms with Crippen molar-refractivity contribution in [3.05, 3.63) is 84.4 Å². The first-order chi connectivity index (χ1) is 20.2. The predicted molar refractivity (Wildman–Crippen MR) is 156 cm³/mol. The zero-order chi connectivity index (χ0) is 28.1. The number of fused-ring (bicyclic) bond motifs is 1. The van der Waals surface area contributed by atoms with Crippen LogP contribution in [0.2, 0.25) is 0 Å². The molecule has 0 aliphatic carbocycles. The number of carbonyl (C=O) groups is 1. The fraction of sp³-hybridized carbons (Fsp3) is 0.214. The second kappa shape index (κ2) is 14.3. The molecule has 0 radical (unpaired) electrons. The van der Waals surface area contributed by atoms with Gasteiger partial charge in [-0.1, -0.05) is 41.6 Å². The number of ether oxygens (including phenoxy) is 2. The smallest absolute Gasteiger partial charge is 0.251 e. The Hall–Kier alpha value is -5.14. The molecule has 41 heavy (non-hydrogen) atoms. The van der Waals surface area contributed by atoms with Gasteiger partial charge in [-0.15, -0.1) is 5.10 Å². The number of anilines is 5. The third-order valence-corrected chi connectivity index (χ3v) is 5.72. The maximum atomic E-state index is 12.0. The van der Waals surface area contributed by atoms with Crippen LogP contribution < -0.4 is 21.3 Å². The molecule has 0 atom stereocenters. The fourth-order valence-corrected chi connectivity index (χ4v) is 3.75. The van der Waals surface area contributed by atoms with E-state index in [1.807, 2.05) is 66.7 Å². The number of para-hydroxylation sites is 1. The van der Waals surface area contributed by atoms with Crippen LogP contribution in [0.5, 0.6) is 0 Å². The van der Waals surface area contributed by atoms with Crippen molar-refractivity contribution in [2.75, 3.05) is 55.5 Å². The van der Waals surface area contributed by atoms with E-state index in [1.54, 1.807) is 12.1 Å². The highest BCUT2D eigenvalue weighted by molar-refractivity contribution is 5.94. The molecule has 3 aromatic carbocycles. The molecular weight excluding hydrogens is 524 g/mol. The van der Waals surface area contributed by atoms with Gasteiger partial charge < -0.3 is 30.7 Å². The molecule has 0 aliphatic rings. The Labute approximate surface area is 236 Å². The van der Waals surface area contributed by atoms with E-state index in [0.29, 0.717) is 62.9 Å². The number of carbonyl (C=O) groups excluding carboxylic acids is 1. The molecule has 0 saturated carbocycles. The maximum absolute atomic E-state index is 12.0. The number of H-pyrrole nitrogens is 1. The average molecular weight is 555 g/mol. The zero-order valence-corrected chi connectivity index (χ0v) is 22.2. The summed E-state index contributed by atoms with van der Waals surface area (Å²) in [5, 5.41) is 23.1. The van der Waals surface area contributed by atoms with E-state index >= 15 is 0 Å². The summed E-state index contributed by atoms with van der Waals surface area (Å²) in [6, 6.07) is 24.3. The minimum Gasteiger partial charge on any atom is -0.377 e. The van der Waals surface area contributed by atoms with Gasteiger partial charge in [0.05, 0.1) is 31.9 Å². The molecule has 5 rings (SSSR count). The highest BCUT2D eigenvalue weighted by atomic mass is 16.5. The van der Waals surface area contributed by atoms with Gasteiger partial charge in [-0.3, -0.25) is 9.89 Å². The summed E-state index contributed by atoms with van der Waals surface area (Å²) >= 11 is 0. The minimum absolute atomic E-state index is 0.119. The number of aromatic nitrogens is 6. The first-order valence-corrected chi connectivity index (χ1v) is 13.1. The first kappa shape index (κ1) is 27.4. The van der Waals surface area contributed by atoms with Gasteiger partial charge in [-0.2, -0.15) is 15.0 Å². The number of benzene rings is 3. The third kappa shape index (κ3) is 8.42. The van der Waals surface area contributed by atoms with Crippen LogP contribution in [0.15, 0.2) is 78.9 Å². The van der Waals surface area contributed by atoms with Crippen molar-refractivity contribution in [3.63, 3.8) is 0 Å². The number of amides is 1. The molecule has 0 spiro atoms. The topological polar surface area (TPSA) is 164 Å². The lowest BCUT2D eigenvalue weighted by atomic mass is 10.2. The van der Waals surface area contributed by atoms with Gasteiger partial charge in [0, 0.05) is 30.0 Å². The first-order valence-electron chi connectivity index (χ1n) is 13.1. The van der Waals surface area contributed by atoms with Crippen LogP contribution in [0.3, 0.4) is 0 Å². The Morgan fingerprint density at radius 3 is 2.12 bits per heavy atom. The summed E-state index contributed by atoms with van der Waals surface area (Å²) in [7, 11) is 0. The van der Waals surface area contributed by atoms with E-state index in [4.69, 9.17) is 9.47 Å². The monoisotopic (exact) mass is 554 g/mol. The molecule has 0 aliphatic heterocycles. The Balaban J connectivity index is 1.07. The highest BCUT2D eigenvalue weighted by Crippen LogP contribution is 2.20. The van der Waals surface area contributed by atoms with Crippen molar-refractivity contribution in [2.45, 2.75) is 0 Å². The predicted octanol–water partition coefficient (Wildman–Crippen LogP) is 3.51. The van der Waals surface area contributed by atoms with E-state index in [1.165, 1.54) is 0 Å². The molecule has 0 saturated heterocycles. The van der Waals surface area contributed by atoms with Gasteiger partial charge >= 0.3 is 0 Å². The van der Waals surface area contributed by atoms with E-state index in [2.05, 4.69) is 51.6 Å². The third-order valence-electron chi connectivity index (χ3n) is 5.72. The average Bonchev–Trinajstić information content (AvgIpc) is 3.47. The van der Waals surface area contributed by atoms with Crippen LogP contribution in [0.4, 0.5) is 29.2 Å². The van der Waals surface area contributed by atoms with Crippen molar-refractivity contribution in [2.24, 2.45) is 0 Å². The van der Waals surface area contributed by atoms with Gasteiger partial charge in [0.25, 0.3) is 5.91 Å². The van der Waals surface area contributed by atoms with Crippen LogP contribution >= 0.6 is 0 Å². The van der Waals surface area contributed by atoms with E-state index in [0.717, 1.165) is 22.4 Å². The summed E-state index contributed by atoms with van der Waals surface area (Å²) in [6.45, 7) is 2.57. The molecule has 2 aromatic heterocycles. The highest BCUT2D eigenvalue weighted by Gasteiger charge is 2.09. The van der Waals surface area contributed by atoms with Gasteiger partial charge in [0.15, 0.2) is 0 Å². The fourth-order valence-electron chi connectivity index (χ4n) is 3.75. The van der Waals surface area contributed by atoms with Crippen molar-refractivity contribution < 1.29 is 14.3 Å². The lowest BCUT2D eigenvalue weighted by molar-refractivity contribution is 0.0519. The zero-order valence-electron chi connectivity index (χ0n) is 22.2. The second-order valence-electron chi connectivity index (χ2n) is 8.74. The SMILES string of the molecule is O=C(NCCOCCOCCNc1nc(Nc2ccccc2)nc(Nc2ccc3[nH]nnc3c2)n1)c1ccccc1. The molecule has 1 amide bonds. The standard InChI is InChI=1S/C28H30N10O3/c39-25(20-7-3-1-4-8-20)29-13-15-40-17-18-41-16-14-30-26-33-27(31-21-9-5-2-6-10-21)35-28(34-26)32-22-11-12-23-24(19-22)37-38-36-23/h1-12,19H,13-18H2,(H,29,39)(H,36,37,38)(H3,30,31,32,33,34,35). The molecule has 13 heteroatoms.